The van der Waals surface area contributed by atoms with Crippen LogP contribution in [0.15, 0.2) is 30.6 Å². The van der Waals surface area contributed by atoms with Crippen LogP contribution in [0.25, 0.3) is 0 Å². The lowest BCUT2D eigenvalue weighted by Gasteiger charge is -2.15. The third kappa shape index (κ3) is 3.12. The summed E-state index contributed by atoms with van der Waals surface area (Å²) in [5, 5.41) is 14.5. The maximum absolute atomic E-state index is 10.4. The zero-order valence-corrected chi connectivity index (χ0v) is 11.3. The van der Waals surface area contributed by atoms with Crippen LogP contribution < -0.4 is 4.74 Å². The molecule has 1 heterocycles. The van der Waals surface area contributed by atoms with Gasteiger partial charge in [0.2, 0.25) is 0 Å². The lowest BCUT2D eigenvalue weighted by atomic mass is 10.1. The van der Waals surface area contributed by atoms with E-state index in [9.17, 15) is 5.11 Å². The number of hydrogen-bond acceptors (Lipinski definition) is 4. The van der Waals surface area contributed by atoms with Gasteiger partial charge in [-0.1, -0.05) is 18.2 Å². The van der Waals surface area contributed by atoms with E-state index >= 15 is 0 Å². The maximum Gasteiger partial charge on any atom is 0.138 e. The first kappa shape index (κ1) is 13.5. The number of aryl methyl sites for hydroxylation is 1. The van der Waals surface area contributed by atoms with Gasteiger partial charge in [0.05, 0.1) is 12.7 Å². The molecule has 0 aliphatic rings. The molecule has 5 nitrogen and oxygen atoms in total. The van der Waals surface area contributed by atoms with Crippen molar-refractivity contribution in [2.75, 3.05) is 6.61 Å². The Morgan fingerprint density at radius 3 is 2.84 bits per heavy atom. The molecule has 5 heteroatoms. The molecule has 2 rings (SSSR count). The monoisotopic (exact) mass is 261 g/mol. The summed E-state index contributed by atoms with van der Waals surface area (Å²) in [6, 6.07) is 7.54. The molecule has 2 aromatic rings. The number of hydrogen-bond donors (Lipinski definition) is 1. The number of aliphatic hydroxyl groups is 1. The second kappa shape index (κ2) is 6.33. The Morgan fingerprint density at radius 1 is 1.32 bits per heavy atom. The molecule has 102 valence electrons. The predicted molar refractivity (Wildman–Crippen MR) is 72.0 cm³/mol. The Morgan fingerprint density at radius 2 is 2.11 bits per heavy atom. The van der Waals surface area contributed by atoms with Crippen molar-refractivity contribution < 1.29 is 9.84 Å². The maximum atomic E-state index is 10.4. The van der Waals surface area contributed by atoms with Crippen LogP contribution in [-0.2, 0) is 13.0 Å². The van der Waals surface area contributed by atoms with Crippen molar-refractivity contribution in [2.45, 2.75) is 32.9 Å². The molecule has 0 spiro atoms. The quantitative estimate of drug-likeness (QED) is 0.863. The zero-order chi connectivity index (χ0) is 13.7. The van der Waals surface area contributed by atoms with Gasteiger partial charge in [0.1, 0.15) is 17.9 Å². The van der Waals surface area contributed by atoms with Gasteiger partial charge in [-0.05, 0) is 19.9 Å². The van der Waals surface area contributed by atoms with E-state index in [1.54, 1.807) is 4.68 Å². The molecule has 0 bridgehead atoms. The third-order valence-electron chi connectivity index (χ3n) is 2.95. The molecule has 0 amide bonds. The smallest absolute Gasteiger partial charge is 0.138 e. The van der Waals surface area contributed by atoms with Crippen LogP contribution in [-0.4, -0.2) is 26.5 Å². The predicted octanol–water partition coefficient (Wildman–Crippen LogP) is 1.97. The fourth-order valence-corrected chi connectivity index (χ4v) is 2.04. The fourth-order valence-electron chi connectivity index (χ4n) is 2.04. The molecule has 1 aromatic heterocycles. The van der Waals surface area contributed by atoms with E-state index in [1.807, 2.05) is 38.1 Å². The molecule has 1 N–H and O–H groups in total. The summed E-state index contributed by atoms with van der Waals surface area (Å²) >= 11 is 0. The Balaban J connectivity index is 2.18. The number of nitrogens with zero attached hydrogens (tertiary/aromatic N) is 3. The van der Waals surface area contributed by atoms with Crippen molar-refractivity contribution in [2.24, 2.45) is 0 Å². The van der Waals surface area contributed by atoms with Crippen LogP contribution in [0.4, 0.5) is 0 Å². The highest BCUT2D eigenvalue weighted by Gasteiger charge is 2.16. The second-order valence-electron chi connectivity index (χ2n) is 4.18. The average Bonchev–Trinajstić information content (AvgIpc) is 2.87. The van der Waals surface area contributed by atoms with E-state index in [0.29, 0.717) is 13.0 Å². The summed E-state index contributed by atoms with van der Waals surface area (Å²) in [4.78, 5) is 4.18. The highest BCUT2D eigenvalue weighted by molar-refractivity contribution is 5.35. The van der Waals surface area contributed by atoms with Crippen LogP contribution in [0.2, 0.25) is 0 Å². The molecular weight excluding hydrogens is 242 g/mol. The van der Waals surface area contributed by atoms with E-state index in [0.717, 1.165) is 23.7 Å². The van der Waals surface area contributed by atoms with Gasteiger partial charge < -0.3 is 9.84 Å². The topological polar surface area (TPSA) is 60.2 Å². The summed E-state index contributed by atoms with van der Waals surface area (Å²) < 4.78 is 7.32. The van der Waals surface area contributed by atoms with Gasteiger partial charge >= 0.3 is 0 Å². The van der Waals surface area contributed by atoms with Crippen LogP contribution >= 0.6 is 0 Å². The Hall–Kier alpha value is -1.88. The number of para-hydroxylation sites is 1. The first-order chi connectivity index (χ1) is 9.26. The van der Waals surface area contributed by atoms with Gasteiger partial charge in [-0.3, -0.25) is 4.68 Å². The normalized spacial score (nSPS) is 12.4. The van der Waals surface area contributed by atoms with Gasteiger partial charge in [-0.25, -0.2) is 4.98 Å². The van der Waals surface area contributed by atoms with Crippen LogP contribution in [0, 0.1) is 0 Å². The molecule has 0 fully saturated rings. The van der Waals surface area contributed by atoms with E-state index in [-0.39, 0.29) is 0 Å². The van der Waals surface area contributed by atoms with Crippen molar-refractivity contribution in [3.63, 3.8) is 0 Å². The van der Waals surface area contributed by atoms with Gasteiger partial charge in [0.15, 0.2) is 0 Å². The lowest BCUT2D eigenvalue weighted by molar-refractivity contribution is 0.168. The highest BCUT2D eigenvalue weighted by Crippen LogP contribution is 2.27. The standard InChI is InChI=1S/C14H19N3O2/c1-3-17-14(15-10-16-17)9-12(18)11-7-5-6-8-13(11)19-4-2/h5-8,10,12,18H,3-4,9H2,1-2H3. The van der Waals surface area contributed by atoms with Gasteiger partial charge in [0.25, 0.3) is 0 Å². The second-order valence-corrected chi connectivity index (χ2v) is 4.18. The summed E-state index contributed by atoms with van der Waals surface area (Å²) in [5.74, 6) is 1.50. The first-order valence-electron chi connectivity index (χ1n) is 6.52. The Kier molecular flexibility index (Phi) is 4.52. The van der Waals surface area contributed by atoms with Gasteiger partial charge in [-0.15, -0.1) is 0 Å². The average molecular weight is 261 g/mol. The minimum atomic E-state index is -0.641. The summed E-state index contributed by atoms with van der Waals surface area (Å²) in [6.45, 7) is 5.25. The van der Waals surface area contributed by atoms with Crippen molar-refractivity contribution >= 4 is 0 Å². The Labute approximate surface area is 112 Å². The molecule has 1 aromatic carbocycles. The number of aliphatic hydroxyl groups excluding tert-OH is 1. The summed E-state index contributed by atoms with van der Waals surface area (Å²) in [7, 11) is 0. The molecule has 0 saturated heterocycles. The largest absolute Gasteiger partial charge is 0.493 e. The number of aromatic nitrogens is 3. The summed E-state index contributed by atoms with van der Waals surface area (Å²) in [6.07, 6.45) is 1.30. The lowest BCUT2D eigenvalue weighted by Crippen LogP contribution is -2.10. The van der Waals surface area contributed by atoms with E-state index < -0.39 is 6.10 Å². The third-order valence-corrected chi connectivity index (χ3v) is 2.95. The number of benzene rings is 1. The molecule has 19 heavy (non-hydrogen) atoms. The van der Waals surface area contributed by atoms with E-state index in [2.05, 4.69) is 10.1 Å². The van der Waals surface area contributed by atoms with Crippen LogP contribution in [0.5, 0.6) is 5.75 Å². The molecule has 0 aliphatic carbocycles. The first-order valence-corrected chi connectivity index (χ1v) is 6.52. The molecule has 0 saturated carbocycles. The van der Waals surface area contributed by atoms with E-state index in [4.69, 9.17) is 4.74 Å². The van der Waals surface area contributed by atoms with Crippen molar-refractivity contribution in [1.29, 1.82) is 0 Å². The van der Waals surface area contributed by atoms with Gasteiger partial charge in [0, 0.05) is 18.5 Å². The number of rotatable bonds is 6. The molecule has 0 radical (unpaired) electrons. The summed E-state index contributed by atoms with van der Waals surface area (Å²) in [5.41, 5.74) is 0.787. The number of ether oxygens (including phenoxy) is 1. The molecule has 1 atom stereocenters. The van der Waals surface area contributed by atoms with E-state index in [1.165, 1.54) is 6.33 Å². The molecule has 0 aliphatic heterocycles. The Bertz CT molecular complexity index is 525. The van der Waals surface area contributed by atoms with Crippen LogP contribution in [0.1, 0.15) is 31.3 Å². The molecular formula is C14H19N3O2. The minimum Gasteiger partial charge on any atom is -0.493 e. The van der Waals surface area contributed by atoms with Crippen LogP contribution in [0.3, 0.4) is 0 Å². The van der Waals surface area contributed by atoms with Crippen molar-refractivity contribution in [3.8, 4) is 5.75 Å². The van der Waals surface area contributed by atoms with Gasteiger partial charge in [-0.2, -0.15) is 5.10 Å². The minimum absolute atomic E-state index is 0.428. The van der Waals surface area contributed by atoms with Crippen molar-refractivity contribution in [1.82, 2.24) is 14.8 Å². The highest BCUT2D eigenvalue weighted by atomic mass is 16.5. The fraction of sp³-hybridized carbons (Fsp3) is 0.429. The zero-order valence-electron chi connectivity index (χ0n) is 11.3. The molecule has 1 unspecified atom stereocenters. The SMILES string of the molecule is CCOc1ccccc1C(O)Cc1ncnn1CC. The van der Waals surface area contributed by atoms with Crippen molar-refractivity contribution in [3.05, 3.63) is 42.0 Å².